The van der Waals surface area contributed by atoms with Crippen molar-refractivity contribution in [2.75, 3.05) is 12.4 Å². The third-order valence-corrected chi connectivity index (χ3v) is 2.77. The first-order valence-corrected chi connectivity index (χ1v) is 6.63. The van der Waals surface area contributed by atoms with Crippen molar-refractivity contribution < 1.29 is 9.53 Å². The molecule has 1 atom stereocenters. The first-order chi connectivity index (χ1) is 8.52. The van der Waals surface area contributed by atoms with Crippen molar-refractivity contribution in [2.45, 2.75) is 33.3 Å². The number of rotatable bonds is 6. The Balaban J connectivity index is 2.46. The highest BCUT2D eigenvalue weighted by Crippen LogP contribution is 2.20. The first kappa shape index (κ1) is 14.8. The third-order valence-electron chi connectivity index (χ3n) is 2.58. The molecule has 0 saturated carbocycles. The quantitative estimate of drug-likeness (QED) is 0.807. The summed E-state index contributed by atoms with van der Waals surface area (Å²) in [4.78, 5) is 11.3. The Bertz CT molecular complexity index is 407. The maximum absolute atomic E-state index is 11.3. The van der Waals surface area contributed by atoms with Gasteiger partial charge >= 0.3 is 0 Å². The Morgan fingerprint density at radius 1 is 1.44 bits per heavy atom. The summed E-state index contributed by atoms with van der Waals surface area (Å²) in [5, 5.41) is 2.79. The number of ether oxygens (including phenoxy) is 1. The van der Waals surface area contributed by atoms with Crippen LogP contribution in [0.15, 0.2) is 18.2 Å². The lowest BCUT2D eigenvalue weighted by Gasteiger charge is -2.17. The Morgan fingerprint density at radius 3 is 2.83 bits per heavy atom. The monoisotopic (exact) mass is 269 g/mol. The average Bonchev–Trinajstić information content (AvgIpc) is 2.32. The normalized spacial score (nSPS) is 12.0. The van der Waals surface area contributed by atoms with Crippen molar-refractivity contribution >= 4 is 17.5 Å². The lowest BCUT2D eigenvalue weighted by molar-refractivity contribution is -0.121. The highest BCUT2D eigenvalue weighted by molar-refractivity contribution is 6.18. The molecule has 0 saturated heterocycles. The molecule has 1 aromatic rings. The minimum atomic E-state index is -0.0650. The molecule has 1 amide bonds. The second kappa shape index (κ2) is 7.27. The number of carbonyl (C=O) groups excluding carboxylic acids is 1. The van der Waals surface area contributed by atoms with Crippen molar-refractivity contribution in [3.05, 3.63) is 29.3 Å². The molecule has 0 aliphatic rings. The van der Waals surface area contributed by atoms with Crippen LogP contribution in [0.25, 0.3) is 0 Å². The van der Waals surface area contributed by atoms with Crippen LogP contribution in [0, 0.1) is 13.8 Å². The molecule has 1 rings (SSSR count). The lowest BCUT2D eigenvalue weighted by atomic mass is 10.1. The van der Waals surface area contributed by atoms with Crippen LogP contribution in [0.5, 0.6) is 5.75 Å². The van der Waals surface area contributed by atoms with Gasteiger partial charge in [0.05, 0.1) is 6.54 Å². The second-order valence-electron chi connectivity index (χ2n) is 4.44. The van der Waals surface area contributed by atoms with Crippen molar-refractivity contribution in [1.29, 1.82) is 0 Å². The molecule has 0 fully saturated rings. The van der Waals surface area contributed by atoms with E-state index in [0.717, 1.165) is 16.9 Å². The van der Waals surface area contributed by atoms with E-state index in [-0.39, 0.29) is 12.0 Å². The van der Waals surface area contributed by atoms with Gasteiger partial charge in [0.1, 0.15) is 11.9 Å². The summed E-state index contributed by atoms with van der Waals surface area (Å²) in [7, 11) is 0. The SMILES string of the molecule is Cc1ccc(C)c(OC(C)CNC(=O)CCCl)c1. The van der Waals surface area contributed by atoms with E-state index in [2.05, 4.69) is 11.4 Å². The predicted molar refractivity (Wildman–Crippen MR) is 74.4 cm³/mol. The largest absolute Gasteiger partial charge is 0.489 e. The van der Waals surface area contributed by atoms with E-state index in [1.807, 2.05) is 32.9 Å². The van der Waals surface area contributed by atoms with E-state index in [1.165, 1.54) is 0 Å². The molecule has 0 bridgehead atoms. The highest BCUT2D eigenvalue weighted by Gasteiger charge is 2.08. The van der Waals surface area contributed by atoms with Crippen LogP contribution < -0.4 is 10.1 Å². The topological polar surface area (TPSA) is 38.3 Å². The molecule has 18 heavy (non-hydrogen) atoms. The van der Waals surface area contributed by atoms with Crippen LogP contribution in [0.2, 0.25) is 0 Å². The van der Waals surface area contributed by atoms with Gasteiger partial charge < -0.3 is 10.1 Å². The van der Waals surface area contributed by atoms with E-state index in [1.54, 1.807) is 0 Å². The Morgan fingerprint density at radius 2 is 2.17 bits per heavy atom. The number of carbonyl (C=O) groups is 1. The summed E-state index contributed by atoms with van der Waals surface area (Å²) >= 11 is 5.49. The molecular formula is C14H20ClNO2. The van der Waals surface area contributed by atoms with Gasteiger partial charge in [-0.2, -0.15) is 0 Å². The molecule has 0 aliphatic carbocycles. The van der Waals surface area contributed by atoms with Crippen LogP contribution in [0.1, 0.15) is 24.5 Å². The van der Waals surface area contributed by atoms with Gasteiger partial charge in [-0.3, -0.25) is 4.79 Å². The molecule has 0 spiro atoms. The summed E-state index contributed by atoms with van der Waals surface area (Å²) in [6, 6.07) is 6.09. The number of halogens is 1. The first-order valence-electron chi connectivity index (χ1n) is 6.09. The Kier molecular flexibility index (Phi) is 5.99. The van der Waals surface area contributed by atoms with Gasteiger partial charge in [0.15, 0.2) is 0 Å². The molecule has 1 N–H and O–H groups in total. The summed E-state index contributed by atoms with van der Waals surface area (Å²) in [5.74, 6) is 1.17. The van der Waals surface area contributed by atoms with Crippen LogP contribution in [-0.4, -0.2) is 24.4 Å². The Labute approximate surface area is 113 Å². The van der Waals surface area contributed by atoms with Crippen molar-refractivity contribution in [1.82, 2.24) is 5.32 Å². The molecule has 0 aromatic heterocycles. The van der Waals surface area contributed by atoms with Gasteiger partial charge in [-0.1, -0.05) is 12.1 Å². The molecule has 0 aliphatic heterocycles. The lowest BCUT2D eigenvalue weighted by Crippen LogP contribution is -2.33. The smallest absolute Gasteiger partial charge is 0.221 e. The fraction of sp³-hybridized carbons (Fsp3) is 0.500. The zero-order valence-corrected chi connectivity index (χ0v) is 11.9. The number of amides is 1. The van der Waals surface area contributed by atoms with Crippen LogP contribution >= 0.6 is 11.6 Å². The summed E-state index contributed by atoms with van der Waals surface area (Å²) in [5.41, 5.74) is 2.26. The zero-order valence-electron chi connectivity index (χ0n) is 11.1. The van der Waals surface area contributed by atoms with Gasteiger partial charge in [-0.25, -0.2) is 0 Å². The molecule has 3 nitrogen and oxygen atoms in total. The minimum Gasteiger partial charge on any atom is -0.489 e. The van der Waals surface area contributed by atoms with Gasteiger partial charge in [0.2, 0.25) is 5.91 Å². The standard InChI is InChI=1S/C14H20ClNO2/c1-10-4-5-11(2)13(8-10)18-12(3)9-16-14(17)6-7-15/h4-5,8,12H,6-7,9H2,1-3H3,(H,16,17). The molecule has 0 radical (unpaired) electrons. The van der Waals surface area contributed by atoms with Gasteiger partial charge in [0, 0.05) is 12.3 Å². The predicted octanol–water partition coefficient (Wildman–Crippen LogP) is 2.82. The van der Waals surface area contributed by atoms with E-state index in [0.29, 0.717) is 18.8 Å². The van der Waals surface area contributed by atoms with E-state index in [9.17, 15) is 4.79 Å². The van der Waals surface area contributed by atoms with Gasteiger partial charge in [-0.15, -0.1) is 11.6 Å². The fourth-order valence-corrected chi connectivity index (χ4v) is 1.70. The number of hydrogen-bond acceptors (Lipinski definition) is 2. The van der Waals surface area contributed by atoms with Crippen LogP contribution in [0.3, 0.4) is 0 Å². The molecule has 1 aromatic carbocycles. The minimum absolute atomic E-state index is 0.0404. The summed E-state index contributed by atoms with van der Waals surface area (Å²) in [6.45, 7) is 6.46. The average molecular weight is 270 g/mol. The molecule has 0 heterocycles. The molecule has 4 heteroatoms. The second-order valence-corrected chi connectivity index (χ2v) is 4.82. The van der Waals surface area contributed by atoms with E-state index in [4.69, 9.17) is 16.3 Å². The Hall–Kier alpha value is -1.22. The van der Waals surface area contributed by atoms with Crippen molar-refractivity contribution in [2.24, 2.45) is 0 Å². The van der Waals surface area contributed by atoms with E-state index < -0.39 is 0 Å². The van der Waals surface area contributed by atoms with Gasteiger partial charge in [0.25, 0.3) is 0 Å². The zero-order chi connectivity index (χ0) is 13.5. The molecular weight excluding hydrogens is 250 g/mol. The maximum atomic E-state index is 11.3. The summed E-state index contributed by atoms with van der Waals surface area (Å²) in [6.07, 6.45) is 0.280. The van der Waals surface area contributed by atoms with Crippen LogP contribution in [-0.2, 0) is 4.79 Å². The molecule has 1 unspecified atom stereocenters. The number of alkyl halides is 1. The van der Waals surface area contributed by atoms with Crippen molar-refractivity contribution in [3.63, 3.8) is 0 Å². The maximum Gasteiger partial charge on any atom is 0.221 e. The highest BCUT2D eigenvalue weighted by atomic mass is 35.5. The number of nitrogens with one attached hydrogen (secondary N) is 1. The molecule has 100 valence electrons. The summed E-state index contributed by atoms with van der Waals surface area (Å²) < 4.78 is 5.81. The third kappa shape index (κ3) is 4.96. The fourth-order valence-electron chi connectivity index (χ4n) is 1.52. The van der Waals surface area contributed by atoms with Gasteiger partial charge in [-0.05, 0) is 38.0 Å². The van der Waals surface area contributed by atoms with E-state index >= 15 is 0 Å². The van der Waals surface area contributed by atoms with Crippen LogP contribution in [0.4, 0.5) is 0 Å². The number of benzene rings is 1. The number of aryl methyl sites for hydroxylation is 2. The number of hydrogen-bond donors (Lipinski definition) is 1. The van der Waals surface area contributed by atoms with Crippen molar-refractivity contribution in [3.8, 4) is 5.75 Å².